The lowest BCUT2D eigenvalue weighted by Gasteiger charge is -2.03. The average Bonchev–Trinajstić information content (AvgIpc) is 2.98. The van der Waals surface area contributed by atoms with Gasteiger partial charge in [-0.05, 0) is 12.1 Å². The van der Waals surface area contributed by atoms with Crippen molar-refractivity contribution >= 4 is 22.3 Å². The summed E-state index contributed by atoms with van der Waals surface area (Å²) in [7, 11) is 0. The van der Waals surface area contributed by atoms with Crippen LogP contribution in [0.5, 0.6) is 0 Å². The van der Waals surface area contributed by atoms with Gasteiger partial charge in [-0.2, -0.15) is 0 Å². The second kappa shape index (κ2) is 3.94. The Morgan fingerprint density at radius 1 is 1.41 bits per heavy atom. The number of benzene rings is 1. The SMILES string of the molecule is NC(c1cc2cccc(F)c2o1)c1nccs1. The van der Waals surface area contributed by atoms with Crippen LogP contribution in [0.15, 0.2) is 40.3 Å². The minimum Gasteiger partial charge on any atom is -0.456 e. The zero-order valence-corrected chi connectivity index (χ0v) is 9.58. The summed E-state index contributed by atoms with van der Waals surface area (Å²) in [5.41, 5.74) is 6.25. The molecule has 1 aromatic carbocycles. The summed E-state index contributed by atoms with van der Waals surface area (Å²) in [4.78, 5) is 4.12. The van der Waals surface area contributed by atoms with Gasteiger partial charge in [-0.25, -0.2) is 9.37 Å². The molecule has 0 fully saturated rings. The molecule has 2 N–H and O–H groups in total. The quantitative estimate of drug-likeness (QED) is 0.758. The number of fused-ring (bicyclic) bond motifs is 1. The molecule has 0 bridgehead atoms. The first kappa shape index (κ1) is 10.4. The number of halogens is 1. The van der Waals surface area contributed by atoms with E-state index in [-0.39, 0.29) is 11.4 Å². The molecule has 0 saturated heterocycles. The molecule has 86 valence electrons. The van der Waals surface area contributed by atoms with Crippen molar-refractivity contribution in [2.24, 2.45) is 5.73 Å². The smallest absolute Gasteiger partial charge is 0.169 e. The molecule has 0 saturated carbocycles. The molecule has 1 atom stereocenters. The van der Waals surface area contributed by atoms with Crippen molar-refractivity contribution < 1.29 is 8.81 Å². The Hall–Kier alpha value is -1.72. The highest BCUT2D eigenvalue weighted by Gasteiger charge is 2.17. The van der Waals surface area contributed by atoms with Crippen molar-refractivity contribution in [2.75, 3.05) is 0 Å². The van der Waals surface area contributed by atoms with E-state index in [1.54, 1.807) is 24.4 Å². The lowest BCUT2D eigenvalue weighted by Crippen LogP contribution is -2.10. The normalized spacial score (nSPS) is 13.1. The minimum atomic E-state index is -0.443. The molecule has 0 aliphatic rings. The van der Waals surface area contributed by atoms with E-state index < -0.39 is 6.04 Å². The highest BCUT2D eigenvalue weighted by Crippen LogP contribution is 2.28. The summed E-state index contributed by atoms with van der Waals surface area (Å²) in [6.07, 6.45) is 1.68. The molecule has 3 nitrogen and oxygen atoms in total. The molecular weight excluding hydrogens is 239 g/mol. The largest absolute Gasteiger partial charge is 0.456 e. The van der Waals surface area contributed by atoms with Gasteiger partial charge in [-0.3, -0.25) is 0 Å². The topological polar surface area (TPSA) is 52.0 Å². The van der Waals surface area contributed by atoms with Crippen molar-refractivity contribution in [3.63, 3.8) is 0 Å². The zero-order chi connectivity index (χ0) is 11.8. The van der Waals surface area contributed by atoms with Crippen LogP contribution in [0.25, 0.3) is 11.0 Å². The predicted octanol–water partition coefficient (Wildman–Crippen LogP) is 3.08. The summed E-state index contributed by atoms with van der Waals surface area (Å²) in [6.45, 7) is 0. The van der Waals surface area contributed by atoms with E-state index in [1.165, 1.54) is 17.4 Å². The maximum Gasteiger partial charge on any atom is 0.169 e. The van der Waals surface area contributed by atoms with Crippen LogP contribution >= 0.6 is 11.3 Å². The molecule has 0 spiro atoms. The van der Waals surface area contributed by atoms with Gasteiger partial charge in [0.2, 0.25) is 0 Å². The number of hydrogen-bond acceptors (Lipinski definition) is 4. The molecule has 17 heavy (non-hydrogen) atoms. The van der Waals surface area contributed by atoms with Crippen molar-refractivity contribution in [1.29, 1.82) is 0 Å². The molecule has 0 amide bonds. The summed E-state index contributed by atoms with van der Waals surface area (Å²) in [5, 5.41) is 3.31. The summed E-state index contributed by atoms with van der Waals surface area (Å²) < 4.78 is 18.9. The first-order chi connectivity index (χ1) is 8.25. The number of nitrogens with two attached hydrogens (primary N) is 1. The Bertz CT molecular complexity index is 648. The van der Waals surface area contributed by atoms with E-state index in [4.69, 9.17) is 10.2 Å². The first-order valence-corrected chi connectivity index (χ1v) is 5.96. The summed E-state index contributed by atoms with van der Waals surface area (Å²) in [5.74, 6) is 0.153. The van der Waals surface area contributed by atoms with Gasteiger partial charge in [0.15, 0.2) is 11.4 Å². The number of nitrogens with zero attached hydrogens (tertiary/aromatic N) is 1. The molecule has 0 aliphatic heterocycles. The van der Waals surface area contributed by atoms with Gasteiger partial charge in [-0.1, -0.05) is 12.1 Å². The third-order valence-corrected chi connectivity index (χ3v) is 3.40. The summed E-state index contributed by atoms with van der Waals surface area (Å²) >= 11 is 1.45. The maximum absolute atomic E-state index is 13.5. The average molecular weight is 248 g/mol. The fraction of sp³-hybridized carbons (Fsp3) is 0.0833. The van der Waals surface area contributed by atoms with Gasteiger partial charge < -0.3 is 10.2 Å². The number of rotatable bonds is 2. The lowest BCUT2D eigenvalue weighted by atomic mass is 10.2. The Balaban J connectivity index is 2.10. The van der Waals surface area contributed by atoms with E-state index in [0.717, 1.165) is 5.01 Å². The molecule has 3 rings (SSSR count). The van der Waals surface area contributed by atoms with Crippen LogP contribution < -0.4 is 5.73 Å². The van der Waals surface area contributed by atoms with Crippen molar-refractivity contribution in [1.82, 2.24) is 4.98 Å². The fourth-order valence-corrected chi connectivity index (χ4v) is 2.36. The Morgan fingerprint density at radius 2 is 2.29 bits per heavy atom. The molecular formula is C12H9FN2OS. The molecule has 1 unspecified atom stereocenters. The monoisotopic (exact) mass is 248 g/mol. The molecule has 2 aromatic heterocycles. The number of hydrogen-bond donors (Lipinski definition) is 1. The van der Waals surface area contributed by atoms with Gasteiger partial charge in [0.05, 0.1) is 0 Å². The van der Waals surface area contributed by atoms with Crippen LogP contribution in [0.1, 0.15) is 16.8 Å². The number of para-hydroxylation sites is 1. The van der Waals surface area contributed by atoms with Gasteiger partial charge in [0, 0.05) is 17.0 Å². The van der Waals surface area contributed by atoms with Crippen LogP contribution in [0.3, 0.4) is 0 Å². The minimum absolute atomic E-state index is 0.245. The third-order valence-electron chi connectivity index (χ3n) is 2.54. The van der Waals surface area contributed by atoms with Crippen molar-refractivity contribution in [2.45, 2.75) is 6.04 Å². The van der Waals surface area contributed by atoms with Gasteiger partial charge in [0.25, 0.3) is 0 Å². The van der Waals surface area contributed by atoms with Crippen LogP contribution in [0, 0.1) is 5.82 Å². The van der Waals surface area contributed by atoms with E-state index in [9.17, 15) is 4.39 Å². The van der Waals surface area contributed by atoms with Crippen molar-refractivity contribution in [3.05, 3.63) is 52.4 Å². The lowest BCUT2D eigenvalue weighted by molar-refractivity contribution is 0.501. The van der Waals surface area contributed by atoms with E-state index in [1.807, 2.05) is 5.38 Å². The van der Waals surface area contributed by atoms with Crippen molar-refractivity contribution in [3.8, 4) is 0 Å². The second-order valence-corrected chi connectivity index (χ2v) is 4.58. The van der Waals surface area contributed by atoms with E-state index in [0.29, 0.717) is 11.1 Å². The zero-order valence-electron chi connectivity index (χ0n) is 8.76. The van der Waals surface area contributed by atoms with E-state index >= 15 is 0 Å². The van der Waals surface area contributed by atoms with Crippen LogP contribution in [-0.4, -0.2) is 4.98 Å². The standard InChI is InChI=1S/C12H9FN2OS/c13-8-3-1-2-7-6-9(16-11(7)8)10(14)12-15-4-5-17-12/h1-6,10H,14H2. The van der Waals surface area contributed by atoms with Gasteiger partial charge in [-0.15, -0.1) is 11.3 Å². The molecule has 0 radical (unpaired) electrons. The van der Waals surface area contributed by atoms with Crippen LogP contribution in [0.2, 0.25) is 0 Å². The molecule has 3 aromatic rings. The second-order valence-electron chi connectivity index (χ2n) is 3.65. The highest BCUT2D eigenvalue weighted by molar-refractivity contribution is 7.09. The predicted molar refractivity (Wildman–Crippen MR) is 64.3 cm³/mol. The van der Waals surface area contributed by atoms with Gasteiger partial charge >= 0.3 is 0 Å². The summed E-state index contributed by atoms with van der Waals surface area (Å²) in [6, 6.07) is 6.11. The number of aromatic nitrogens is 1. The van der Waals surface area contributed by atoms with Crippen LogP contribution in [0.4, 0.5) is 4.39 Å². The third kappa shape index (κ3) is 1.73. The highest BCUT2D eigenvalue weighted by atomic mass is 32.1. The Kier molecular flexibility index (Phi) is 2.42. The first-order valence-electron chi connectivity index (χ1n) is 5.08. The Morgan fingerprint density at radius 3 is 3.00 bits per heavy atom. The molecule has 5 heteroatoms. The number of thiazole rings is 1. The van der Waals surface area contributed by atoms with E-state index in [2.05, 4.69) is 4.98 Å². The Labute approximate surface area is 101 Å². The molecule has 0 aliphatic carbocycles. The molecule has 2 heterocycles. The number of furan rings is 1. The fourth-order valence-electron chi connectivity index (χ4n) is 1.71. The maximum atomic E-state index is 13.5. The van der Waals surface area contributed by atoms with Crippen LogP contribution in [-0.2, 0) is 0 Å². The van der Waals surface area contributed by atoms with Gasteiger partial charge in [0.1, 0.15) is 16.8 Å².